The van der Waals surface area contributed by atoms with Crippen molar-refractivity contribution >= 4 is 0 Å². The standard InChI is InChI=1S/C18H24N2O/c1-4-11-19-18(17-14(3)8-7-12-20-17)15-9-6-10-16(13-15)21-5-2/h6-10,12-13,18-19H,4-5,11H2,1-3H3. The molecule has 0 saturated heterocycles. The van der Waals surface area contributed by atoms with E-state index in [0.717, 1.165) is 24.4 Å². The molecule has 1 atom stereocenters. The molecule has 1 unspecified atom stereocenters. The van der Waals surface area contributed by atoms with Crippen LogP contribution in [0.3, 0.4) is 0 Å². The number of hydrogen-bond acceptors (Lipinski definition) is 3. The lowest BCUT2D eigenvalue weighted by Crippen LogP contribution is -2.24. The summed E-state index contributed by atoms with van der Waals surface area (Å²) in [5.41, 5.74) is 3.48. The first-order valence-corrected chi connectivity index (χ1v) is 7.64. The molecule has 3 heteroatoms. The Morgan fingerprint density at radius 2 is 2.05 bits per heavy atom. The molecule has 0 aliphatic carbocycles. The monoisotopic (exact) mass is 284 g/mol. The second kappa shape index (κ2) is 7.79. The number of ether oxygens (including phenoxy) is 1. The van der Waals surface area contributed by atoms with Crippen molar-refractivity contribution in [2.75, 3.05) is 13.2 Å². The molecule has 3 nitrogen and oxygen atoms in total. The van der Waals surface area contributed by atoms with Gasteiger partial charge in [0.05, 0.1) is 18.3 Å². The molecular weight excluding hydrogens is 260 g/mol. The highest BCUT2D eigenvalue weighted by Gasteiger charge is 2.17. The van der Waals surface area contributed by atoms with Crippen LogP contribution in [0.2, 0.25) is 0 Å². The first-order chi connectivity index (χ1) is 10.3. The van der Waals surface area contributed by atoms with Gasteiger partial charge in [0.1, 0.15) is 5.75 Å². The molecule has 0 fully saturated rings. The molecule has 0 bridgehead atoms. The molecule has 0 aliphatic rings. The van der Waals surface area contributed by atoms with E-state index in [2.05, 4.69) is 42.3 Å². The van der Waals surface area contributed by atoms with Crippen molar-refractivity contribution in [3.05, 3.63) is 59.4 Å². The summed E-state index contributed by atoms with van der Waals surface area (Å²) in [5.74, 6) is 0.909. The number of nitrogens with one attached hydrogen (secondary N) is 1. The van der Waals surface area contributed by atoms with Crippen LogP contribution in [0.5, 0.6) is 5.75 Å². The Kier molecular flexibility index (Phi) is 5.76. The fourth-order valence-corrected chi connectivity index (χ4v) is 2.41. The molecule has 1 aromatic heterocycles. The average Bonchev–Trinajstić information content (AvgIpc) is 2.50. The third-order valence-electron chi connectivity index (χ3n) is 3.42. The average molecular weight is 284 g/mol. The number of nitrogens with zero attached hydrogens (tertiary/aromatic N) is 1. The van der Waals surface area contributed by atoms with Gasteiger partial charge in [-0.3, -0.25) is 4.98 Å². The number of benzene rings is 1. The van der Waals surface area contributed by atoms with E-state index in [1.54, 1.807) is 0 Å². The van der Waals surface area contributed by atoms with E-state index in [1.807, 2.05) is 31.3 Å². The molecule has 0 saturated carbocycles. The maximum Gasteiger partial charge on any atom is 0.119 e. The largest absolute Gasteiger partial charge is 0.494 e. The molecule has 1 heterocycles. The van der Waals surface area contributed by atoms with Gasteiger partial charge in [0, 0.05) is 6.20 Å². The van der Waals surface area contributed by atoms with Gasteiger partial charge in [0.2, 0.25) is 0 Å². The third-order valence-corrected chi connectivity index (χ3v) is 3.42. The Hall–Kier alpha value is -1.87. The zero-order chi connectivity index (χ0) is 15.1. The molecule has 1 N–H and O–H groups in total. The normalized spacial score (nSPS) is 12.1. The van der Waals surface area contributed by atoms with Gasteiger partial charge in [0.25, 0.3) is 0 Å². The summed E-state index contributed by atoms with van der Waals surface area (Å²) >= 11 is 0. The van der Waals surface area contributed by atoms with Crippen molar-refractivity contribution in [3.8, 4) is 5.75 Å². The summed E-state index contributed by atoms with van der Waals surface area (Å²) in [5, 5.41) is 3.59. The van der Waals surface area contributed by atoms with E-state index < -0.39 is 0 Å². The quantitative estimate of drug-likeness (QED) is 0.838. The minimum atomic E-state index is 0.103. The van der Waals surface area contributed by atoms with Crippen molar-refractivity contribution in [2.45, 2.75) is 33.2 Å². The molecule has 0 amide bonds. The van der Waals surface area contributed by atoms with Gasteiger partial charge >= 0.3 is 0 Å². The second-order valence-corrected chi connectivity index (χ2v) is 5.10. The lowest BCUT2D eigenvalue weighted by molar-refractivity contribution is 0.339. The van der Waals surface area contributed by atoms with Crippen LogP contribution in [-0.4, -0.2) is 18.1 Å². The highest BCUT2D eigenvalue weighted by molar-refractivity contribution is 5.36. The highest BCUT2D eigenvalue weighted by atomic mass is 16.5. The fourth-order valence-electron chi connectivity index (χ4n) is 2.41. The number of aryl methyl sites for hydroxylation is 1. The van der Waals surface area contributed by atoms with Crippen molar-refractivity contribution in [3.63, 3.8) is 0 Å². The van der Waals surface area contributed by atoms with Gasteiger partial charge in [-0.25, -0.2) is 0 Å². The van der Waals surface area contributed by atoms with Gasteiger partial charge < -0.3 is 10.1 Å². The minimum absolute atomic E-state index is 0.103. The summed E-state index contributed by atoms with van der Waals surface area (Å²) in [6, 6.07) is 12.5. The zero-order valence-electron chi connectivity index (χ0n) is 13.1. The molecule has 2 rings (SSSR count). The maximum absolute atomic E-state index is 5.62. The Morgan fingerprint density at radius 1 is 1.19 bits per heavy atom. The Bertz CT molecular complexity index is 569. The minimum Gasteiger partial charge on any atom is -0.494 e. The molecule has 0 spiro atoms. The summed E-state index contributed by atoms with van der Waals surface area (Å²) < 4.78 is 5.62. The van der Waals surface area contributed by atoms with Crippen LogP contribution in [-0.2, 0) is 0 Å². The number of aromatic nitrogens is 1. The van der Waals surface area contributed by atoms with E-state index >= 15 is 0 Å². The molecule has 0 radical (unpaired) electrons. The zero-order valence-corrected chi connectivity index (χ0v) is 13.1. The van der Waals surface area contributed by atoms with Gasteiger partial charge in [-0.1, -0.05) is 25.1 Å². The number of rotatable bonds is 7. The van der Waals surface area contributed by atoms with Crippen LogP contribution in [0.25, 0.3) is 0 Å². The first-order valence-electron chi connectivity index (χ1n) is 7.64. The lowest BCUT2D eigenvalue weighted by atomic mass is 9.99. The Labute approximate surface area is 127 Å². The number of hydrogen-bond donors (Lipinski definition) is 1. The van der Waals surface area contributed by atoms with Gasteiger partial charge in [-0.2, -0.15) is 0 Å². The van der Waals surface area contributed by atoms with Gasteiger partial charge in [-0.15, -0.1) is 0 Å². The molecule has 2 aromatic rings. The predicted octanol–water partition coefficient (Wildman–Crippen LogP) is 3.88. The molecule has 112 valence electrons. The predicted molar refractivity (Wildman–Crippen MR) is 86.7 cm³/mol. The topological polar surface area (TPSA) is 34.1 Å². The van der Waals surface area contributed by atoms with Crippen LogP contribution in [0.4, 0.5) is 0 Å². The van der Waals surface area contributed by atoms with Crippen LogP contribution in [0.1, 0.15) is 43.1 Å². The maximum atomic E-state index is 5.62. The summed E-state index contributed by atoms with van der Waals surface area (Å²) in [6.07, 6.45) is 2.95. The molecular formula is C18H24N2O. The van der Waals surface area contributed by atoms with E-state index in [4.69, 9.17) is 4.74 Å². The van der Waals surface area contributed by atoms with Crippen molar-refractivity contribution in [1.82, 2.24) is 10.3 Å². The van der Waals surface area contributed by atoms with E-state index in [0.29, 0.717) is 6.61 Å². The molecule has 0 aliphatic heterocycles. The third kappa shape index (κ3) is 4.05. The summed E-state index contributed by atoms with van der Waals surface area (Å²) in [6.45, 7) is 7.92. The van der Waals surface area contributed by atoms with Gasteiger partial charge in [-0.05, 0) is 56.1 Å². The SMILES string of the molecule is CCCNC(c1cccc(OCC)c1)c1ncccc1C. The van der Waals surface area contributed by atoms with Crippen LogP contribution < -0.4 is 10.1 Å². The smallest absolute Gasteiger partial charge is 0.119 e. The van der Waals surface area contributed by atoms with E-state index in [1.165, 1.54) is 11.1 Å². The van der Waals surface area contributed by atoms with Crippen molar-refractivity contribution in [1.29, 1.82) is 0 Å². The lowest BCUT2D eigenvalue weighted by Gasteiger charge is -2.21. The molecule has 21 heavy (non-hydrogen) atoms. The Balaban J connectivity index is 2.36. The van der Waals surface area contributed by atoms with Crippen LogP contribution in [0.15, 0.2) is 42.6 Å². The molecule has 1 aromatic carbocycles. The van der Waals surface area contributed by atoms with Crippen LogP contribution in [0, 0.1) is 6.92 Å². The summed E-state index contributed by atoms with van der Waals surface area (Å²) in [7, 11) is 0. The second-order valence-electron chi connectivity index (χ2n) is 5.10. The fraction of sp³-hybridized carbons (Fsp3) is 0.389. The van der Waals surface area contributed by atoms with Crippen molar-refractivity contribution in [2.24, 2.45) is 0 Å². The first kappa shape index (κ1) is 15.5. The van der Waals surface area contributed by atoms with Crippen LogP contribution >= 0.6 is 0 Å². The van der Waals surface area contributed by atoms with Crippen molar-refractivity contribution < 1.29 is 4.74 Å². The highest BCUT2D eigenvalue weighted by Crippen LogP contribution is 2.26. The van der Waals surface area contributed by atoms with E-state index in [9.17, 15) is 0 Å². The summed E-state index contributed by atoms with van der Waals surface area (Å²) in [4.78, 5) is 4.58. The number of pyridine rings is 1. The van der Waals surface area contributed by atoms with E-state index in [-0.39, 0.29) is 6.04 Å². The van der Waals surface area contributed by atoms with Gasteiger partial charge in [0.15, 0.2) is 0 Å². The Morgan fingerprint density at radius 3 is 2.76 bits per heavy atom.